The summed E-state index contributed by atoms with van der Waals surface area (Å²) in [6.45, 7) is 2.59. The Kier molecular flexibility index (Phi) is 4.80. The predicted octanol–water partition coefficient (Wildman–Crippen LogP) is -0.441. The molecule has 2 N–H and O–H groups in total. The third-order valence-corrected chi connectivity index (χ3v) is 5.80. The molecule has 0 bridgehead atoms. The van der Waals surface area contributed by atoms with E-state index in [2.05, 4.69) is 20.9 Å². The monoisotopic (exact) mass is 410 g/mol. The number of hydrogen-bond acceptors (Lipinski definition) is 7. The van der Waals surface area contributed by atoms with Gasteiger partial charge in [0.1, 0.15) is 6.04 Å². The third kappa shape index (κ3) is 3.37. The number of aromatic nitrogens is 3. The van der Waals surface area contributed by atoms with Crippen molar-refractivity contribution >= 4 is 17.7 Å². The molecule has 2 fully saturated rings. The Balaban J connectivity index is 1.33. The van der Waals surface area contributed by atoms with Crippen LogP contribution in [-0.2, 0) is 27.3 Å². The van der Waals surface area contributed by atoms with Crippen molar-refractivity contribution < 1.29 is 19.1 Å². The van der Waals surface area contributed by atoms with Crippen LogP contribution in [-0.4, -0.2) is 69.5 Å². The number of rotatable bonds is 6. The average Bonchev–Trinajstić information content (AvgIpc) is 3.29. The first-order valence-corrected chi connectivity index (χ1v) is 10.1. The van der Waals surface area contributed by atoms with Crippen LogP contribution in [0.5, 0.6) is 0 Å². The summed E-state index contributed by atoms with van der Waals surface area (Å²) < 4.78 is 6.83. The van der Waals surface area contributed by atoms with E-state index in [0.717, 1.165) is 43.1 Å². The van der Waals surface area contributed by atoms with Crippen molar-refractivity contribution in [3.8, 4) is 5.69 Å². The van der Waals surface area contributed by atoms with E-state index in [-0.39, 0.29) is 18.2 Å². The van der Waals surface area contributed by atoms with E-state index in [1.54, 1.807) is 21.7 Å². The van der Waals surface area contributed by atoms with Crippen LogP contribution in [0.25, 0.3) is 5.69 Å². The van der Waals surface area contributed by atoms with E-state index in [1.165, 1.54) is 0 Å². The van der Waals surface area contributed by atoms with Crippen LogP contribution in [0.15, 0.2) is 24.4 Å². The van der Waals surface area contributed by atoms with Crippen molar-refractivity contribution in [3.63, 3.8) is 0 Å². The van der Waals surface area contributed by atoms with Crippen molar-refractivity contribution in [3.05, 3.63) is 41.2 Å². The molecule has 1 unspecified atom stereocenters. The summed E-state index contributed by atoms with van der Waals surface area (Å²) in [4.78, 5) is 38.2. The zero-order valence-corrected chi connectivity index (χ0v) is 16.3. The van der Waals surface area contributed by atoms with Gasteiger partial charge in [0.05, 0.1) is 36.8 Å². The van der Waals surface area contributed by atoms with E-state index < -0.39 is 11.9 Å². The van der Waals surface area contributed by atoms with Gasteiger partial charge in [-0.15, -0.1) is 5.10 Å². The number of ether oxygens (including phenoxy) is 1. The van der Waals surface area contributed by atoms with Crippen molar-refractivity contribution in [1.29, 1.82) is 0 Å². The highest BCUT2D eigenvalue weighted by atomic mass is 16.5. The molecule has 3 amide bonds. The molecule has 3 aliphatic heterocycles. The number of amides is 3. The Labute approximate surface area is 172 Å². The van der Waals surface area contributed by atoms with Crippen LogP contribution < -0.4 is 10.6 Å². The van der Waals surface area contributed by atoms with E-state index in [0.29, 0.717) is 24.6 Å². The standard InChI is InChI=1S/C20H22N6O4/c27-18-5-4-17(19(28)22-18)25-9-15-14(20(25)29)2-1-3-16(15)26-8-12(23-24-26)6-7-21-13-10-30-11-13/h1-3,8,13,17,21H,4-7,9-11H2,(H,22,27,28). The van der Waals surface area contributed by atoms with Gasteiger partial charge in [-0.1, -0.05) is 11.3 Å². The lowest BCUT2D eigenvalue weighted by molar-refractivity contribution is -0.136. The first-order valence-electron chi connectivity index (χ1n) is 10.1. The molecular weight excluding hydrogens is 388 g/mol. The normalized spacial score (nSPS) is 21.5. The molecule has 1 atom stereocenters. The SMILES string of the molecule is O=C1CCC(N2Cc3c(cccc3-n3cc(CCNC4COC4)nn3)C2=O)C(=O)N1. The maximum absolute atomic E-state index is 12.9. The highest BCUT2D eigenvalue weighted by Gasteiger charge is 2.40. The Hall–Kier alpha value is -3.11. The number of carbonyl (C=O) groups is 3. The maximum Gasteiger partial charge on any atom is 0.255 e. The van der Waals surface area contributed by atoms with E-state index in [4.69, 9.17) is 4.74 Å². The molecule has 156 valence electrons. The molecule has 10 heteroatoms. The van der Waals surface area contributed by atoms with Gasteiger partial charge in [-0.05, 0) is 18.6 Å². The van der Waals surface area contributed by atoms with Crippen LogP contribution in [0.4, 0.5) is 0 Å². The van der Waals surface area contributed by atoms with Gasteiger partial charge in [0.15, 0.2) is 0 Å². The molecule has 5 rings (SSSR count). The minimum absolute atomic E-state index is 0.200. The Morgan fingerprint density at radius 2 is 2.10 bits per heavy atom. The fourth-order valence-corrected chi connectivity index (χ4v) is 4.07. The van der Waals surface area contributed by atoms with Crippen molar-refractivity contribution in [1.82, 2.24) is 30.5 Å². The quantitative estimate of drug-likeness (QED) is 0.620. The number of carbonyl (C=O) groups excluding carboxylic acids is 3. The number of benzene rings is 1. The smallest absolute Gasteiger partial charge is 0.255 e. The van der Waals surface area contributed by atoms with E-state index >= 15 is 0 Å². The summed E-state index contributed by atoms with van der Waals surface area (Å²) in [6, 6.07) is 5.24. The Bertz CT molecular complexity index is 1010. The largest absolute Gasteiger partial charge is 0.378 e. The summed E-state index contributed by atoms with van der Waals surface area (Å²) >= 11 is 0. The van der Waals surface area contributed by atoms with Crippen LogP contribution in [0.2, 0.25) is 0 Å². The Morgan fingerprint density at radius 1 is 1.23 bits per heavy atom. The van der Waals surface area contributed by atoms with Gasteiger partial charge in [-0.3, -0.25) is 19.7 Å². The van der Waals surface area contributed by atoms with Gasteiger partial charge >= 0.3 is 0 Å². The highest BCUT2D eigenvalue weighted by Crippen LogP contribution is 2.31. The molecule has 30 heavy (non-hydrogen) atoms. The lowest BCUT2D eigenvalue weighted by Gasteiger charge is -2.29. The fourth-order valence-electron chi connectivity index (χ4n) is 4.07. The summed E-state index contributed by atoms with van der Waals surface area (Å²) in [7, 11) is 0. The molecule has 1 aromatic carbocycles. The lowest BCUT2D eigenvalue weighted by Crippen LogP contribution is -2.52. The second kappa shape index (κ2) is 7.62. The number of piperidine rings is 1. The molecule has 2 saturated heterocycles. The number of nitrogens with zero attached hydrogens (tertiary/aromatic N) is 4. The summed E-state index contributed by atoms with van der Waals surface area (Å²) in [5.41, 5.74) is 3.00. The van der Waals surface area contributed by atoms with Gasteiger partial charge in [0, 0.05) is 37.1 Å². The van der Waals surface area contributed by atoms with E-state index in [1.807, 2.05) is 12.3 Å². The molecule has 4 heterocycles. The molecule has 1 aromatic heterocycles. The van der Waals surface area contributed by atoms with Crippen molar-refractivity contribution in [2.75, 3.05) is 19.8 Å². The third-order valence-electron chi connectivity index (χ3n) is 5.80. The summed E-state index contributed by atoms with van der Waals surface area (Å²) in [5.74, 6) is -0.912. The molecule has 3 aliphatic rings. The van der Waals surface area contributed by atoms with Gasteiger partial charge in [0.2, 0.25) is 11.8 Å². The topological polar surface area (TPSA) is 118 Å². The van der Waals surface area contributed by atoms with Crippen molar-refractivity contribution in [2.45, 2.75) is 37.9 Å². The number of hydrogen-bond donors (Lipinski definition) is 2. The molecule has 0 spiro atoms. The van der Waals surface area contributed by atoms with Crippen LogP contribution in [0, 0.1) is 0 Å². The van der Waals surface area contributed by atoms with E-state index in [9.17, 15) is 14.4 Å². The minimum Gasteiger partial charge on any atom is -0.378 e. The predicted molar refractivity (Wildman–Crippen MR) is 104 cm³/mol. The minimum atomic E-state index is -0.636. The van der Waals surface area contributed by atoms with Gasteiger partial charge in [-0.2, -0.15) is 0 Å². The number of nitrogens with one attached hydrogen (secondary N) is 2. The maximum atomic E-state index is 12.9. The summed E-state index contributed by atoms with van der Waals surface area (Å²) in [6.07, 6.45) is 3.18. The zero-order chi connectivity index (χ0) is 20.7. The van der Waals surface area contributed by atoms with Crippen molar-refractivity contribution in [2.24, 2.45) is 0 Å². The molecule has 0 aliphatic carbocycles. The molecule has 2 aromatic rings. The second-order valence-corrected chi connectivity index (χ2v) is 7.80. The zero-order valence-electron chi connectivity index (χ0n) is 16.3. The molecular formula is C20H22N6O4. The molecule has 10 nitrogen and oxygen atoms in total. The second-order valence-electron chi connectivity index (χ2n) is 7.80. The van der Waals surface area contributed by atoms with Gasteiger partial charge < -0.3 is 15.0 Å². The first-order chi connectivity index (χ1) is 14.6. The van der Waals surface area contributed by atoms with Gasteiger partial charge in [-0.25, -0.2) is 4.68 Å². The van der Waals surface area contributed by atoms with Crippen LogP contribution in [0.3, 0.4) is 0 Å². The van der Waals surface area contributed by atoms with Crippen LogP contribution >= 0.6 is 0 Å². The Morgan fingerprint density at radius 3 is 2.87 bits per heavy atom. The molecule has 0 radical (unpaired) electrons. The highest BCUT2D eigenvalue weighted by molar-refractivity contribution is 6.05. The molecule has 0 saturated carbocycles. The summed E-state index contributed by atoms with van der Waals surface area (Å²) in [5, 5.41) is 14.2. The lowest BCUT2D eigenvalue weighted by atomic mass is 10.0. The fraction of sp³-hybridized carbons (Fsp3) is 0.450. The van der Waals surface area contributed by atoms with Gasteiger partial charge in [0.25, 0.3) is 5.91 Å². The number of imide groups is 1. The number of fused-ring (bicyclic) bond motifs is 1. The average molecular weight is 410 g/mol. The van der Waals surface area contributed by atoms with Crippen LogP contribution in [0.1, 0.15) is 34.5 Å². The first kappa shape index (κ1) is 18.9.